The van der Waals surface area contributed by atoms with Gasteiger partial charge >= 0.3 is 0 Å². The molecule has 2 heterocycles. The molecule has 2 aliphatic rings. The van der Waals surface area contributed by atoms with E-state index in [0.717, 1.165) is 39.0 Å². The highest BCUT2D eigenvalue weighted by atomic mass is 35.5. The molecule has 2 aliphatic heterocycles. The molecule has 7 heteroatoms. The van der Waals surface area contributed by atoms with Crippen LogP contribution in [0.4, 0.5) is 0 Å². The third-order valence-corrected chi connectivity index (χ3v) is 4.84. The molecule has 0 aliphatic carbocycles. The number of halogens is 2. The quantitative estimate of drug-likeness (QED) is 0.792. The third kappa shape index (κ3) is 6.39. The van der Waals surface area contributed by atoms with Crippen molar-refractivity contribution in [3.63, 3.8) is 0 Å². The van der Waals surface area contributed by atoms with Crippen LogP contribution in [-0.2, 0) is 22.6 Å². The van der Waals surface area contributed by atoms with Crippen LogP contribution in [0.15, 0.2) is 24.3 Å². The maximum absolute atomic E-state index is 12.2. The standard InChI is InChI=1S/C19H29N3O2.2ClH/c1-14-11-22(12-15(2)24-14)13-17-7-4-3-6-16(17)10-21-19(23)18-8-5-9-20-18;;/h3-4,6-7,14-15,18,20H,5,8-13H2,1-2H3,(H,21,23);2*1H. The number of amides is 1. The number of hydrogen-bond donors (Lipinski definition) is 2. The SMILES string of the molecule is CC1CN(Cc2ccccc2CNC(=O)C2CCCN2)CC(C)O1.Cl.Cl. The Hall–Kier alpha value is -0.850. The highest BCUT2D eigenvalue weighted by Gasteiger charge is 2.24. The molecule has 5 nitrogen and oxygen atoms in total. The Balaban J connectivity index is 0.00000169. The second-order valence-electron chi connectivity index (χ2n) is 7.09. The minimum atomic E-state index is -0.0156. The molecular formula is C19H31Cl2N3O2. The van der Waals surface area contributed by atoms with E-state index in [-0.39, 0.29) is 49.0 Å². The molecule has 2 fully saturated rings. The van der Waals surface area contributed by atoms with Crippen molar-refractivity contribution < 1.29 is 9.53 Å². The molecule has 0 aromatic heterocycles. The lowest BCUT2D eigenvalue weighted by Crippen LogP contribution is -2.45. The van der Waals surface area contributed by atoms with Gasteiger partial charge in [0.1, 0.15) is 0 Å². The van der Waals surface area contributed by atoms with E-state index >= 15 is 0 Å². The molecular weight excluding hydrogens is 373 g/mol. The van der Waals surface area contributed by atoms with Gasteiger partial charge in [-0.2, -0.15) is 0 Å². The fourth-order valence-corrected chi connectivity index (χ4v) is 3.75. The first kappa shape index (κ1) is 23.2. The first-order valence-corrected chi connectivity index (χ1v) is 9.07. The molecule has 2 saturated heterocycles. The predicted octanol–water partition coefficient (Wildman–Crippen LogP) is 2.51. The number of nitrogens with one attached hydrogen (secondary N) is 2. The van der Waals surface area contributed by atoms with Crippen LogP contribution in [-0.4, -0.2) is 48.7 Å². The molecule has 1 amide bonds. The summed E-state index contributed by atoms with van der Waals surface area (Å²) in [7, 11) is 0. The van der Waals surface area contributed by atoms with Crippen LogP contribution >= 0.6 is 24.8 Å². The maximum atomic E-state index is 12.2. The number of benzene rings is 1. The third-order valence-electron chi connectivity index (χ3n) is 4.84. The minimum absolute atomic E-state index is 0. The normalized spacial score (nSPS) is 25.8. The average molecular weight is 404 g/mol. The first-order chi connectivity index (χ1) is 11.6. The van der Waals surface area contributed by atoms with Crippen LogP contribution in [0.2, 0.25) is 0 Å². The Morgan fingerprint density at radius 2 is 1.85 bits per heavy atom. The molecule has 0 bridgehead atoms. The van der Waals surface area contributed by atoms with E-state index in [4.69, 9.17) is 4.74 Å². The topological polar surface area (TPSA) is 53.6 Å². The zero-order valence-electron chi connectivity index (χ0n) is 15.6. The summed E-state index contributed by atoms with van der Waals surface area (Å²) in [4.78, 5) is 14.6. The Bertz CT molecular complexity index is 557. The van der Waals surface area contributed by atoms with Crippen LogP contribution in [0.25, 0.3) is 0 Å². The fraction of sp³-hybridized carbons (Fsp3) is 0.632. The minimum Gasteiger partial charge on any atom is -0.373 e. The Kier molecular flexibility index (Phi) is 9.90. The number of carbonyl (C=O) groups excluding carboxylic acids is 1. The number of rotatable bonds is 5. The van der Waals surface area contributed by atoms with Crippen molar-refractivity contribution in [3.05, 3.63) is 35.4 Å². The molecule has 3 atom stereocenters. The van der Waals surface area contributed by atoms with Crippen molar-refractivity contribution >= 4 is 30.7 Å². The molecule has 1 aromatic carbocycles. The summed E-state index contributed by atoms with van der Waals surface area (Å²) in [6, 6.07) is 8.39. The Morgan fingerprint density at radius 1 is 1.19 bits per heavy atom. The van der Waals surface area contributed by atoms with Crippen LogP contribution < -0.4 is 10.6 Å². The number of hydrogen-bond acceptors (Lipinski definition) is 4. The average Bonchev–Trinajstić information content (AvgIpc) is 3.07. The number of nitrogens with zero attached hydrogens (tertiary/aromatic N) is 1. The van der Waals surface area contributed by atoms with Gasteiger partial charge in [0.2, 0.25) is 5.91 Å². The van der Waals surface area contributed by atoms with Crippen LogP contribution in [0.1, 0.15) is 37.8 Å². The van der Waals surface area contributed by atoms with Gasteiger partial charge in [-0.05, 0) is 44.4 Å². The van der Waals surface area contributed by atoms with Gasteiger partial charge < -0.3 is 15.4 Å². The Labute approximate surface area is 169 Å². The highest BCUT2D eigenvalue weighted by Crippen LogP contribution is 2.17. The van der Waals surface area contributed by atoms with Gasteiger partial charge in [-0.1, -0.05) is 24.3 Å². The molecule has 0 saturated carbocycles. The second kappa shape index (κ2) is 11.1. The molecule has 1 aromatic rings. The van der Waals surface area contributed by atoms with Crippen LogP contribution in [0.3, 0.4) is 0 Å². The van der Waals surface area contributed by atoms with Crippen molar-refractivity contribution in [1.82, 2.24) is 15.5 Å². The lowest BCUT2D eigenvalue weighted by Gasteiger charge is -2.35. The van der Waals surface area contributed by atoms with E-state index in [1.807, 2.05) is 6.07 Å². The van der Waals surface area contributed by atoms with Gasteiger partial charge in [0.15, 0.2) is 0 Å². The molecule has 26 heavy (non-hydrogen) atoms. The van der Waals surface area contributed by atoms with Crippen molar-refractivity contribution in [2.75, 3.05) is 19.6 Å². The van der Waals surface area contributed by atoms with Crippen molar-refractivity contribution in [2.45, 2.75) is 58.0 Å². The summed E-state index contributed by atoms with van der Waals surface area (Å²) in [5.41, 5.74) is 2.49. The summed E-state index contributed by atoms with van der Waals surface area (Å²) < 4.78 is 5.81. The van der Waals surface area contributed by atoms with Crippen molar-refractivity contribution in [1.29, 1.82) is 0 Å². The number of ether oxygens (including phenoxy) is 1. The van der Waals surface area contributed by atoms with Gasteiger partial charge in [0.25, 0.3) is 0 Å². The highest BCUT2D eigenvalue weighted by molar-refractivity contribution is 5.85. The van der Waals surface area contributed by atoms with Crippen LogP contribution in [0.5, 0.6) is 0 Å². The summed E-state index contributed by atoms with van der Waals surface area (Å²) in [6.45, 7) is 8.62. The smallest absolute Gasteiger partial charge is 0.237 e. The van der Waals surface area contributed by atoms with E-state index in [0.29, 0.717) is 6.54 Å². The molecule has 148 valence electrons. The second-order valence-corrected chi connectivity index (χ2v) is 7.09. The fourth-order valence-electron chi connectivity index (χ4n) is 3.75. The molecule has 3 rings (SSSR count). The first-order valence-electron chi connectivity index (χ1n) is 9.07. The lowest BCUT2D eigenvalue weighted by atomic mass is 10.1. The maximum Gasteiger partial charge on any atom is 0.237 e. The summed E-state index contributed by atoms with van der Waals surface area (Å²) in [6.07, 6.45) is 2.57. The monoisotopic (exact) mass is 403 g/mol. The zero-order valence-corrected chi connectivity index (χ0v) is 17.2. The summed E-state index contributed by atoms with van der Waals surface area (Å²) in [5.74, 6) is 0.121. The molecule has 2 N–H and O–H groups in total. The van der Waals surface area contributed by atoms with Gasteiger partial charge in [-0.3, -0.25) is 9.69 Å². The Morgan fingerprint density at radius 3 is 2.46 bits per heavy atom. The van der Waals surface area contributed by atoms with E-state index < -0.39 is 0 Å². The van der Waals surface area contributed by atoms with Crippen molar-refractivity contribution in [2.24, 2.45) is 0 Å². The van der Waals surface area contributed by atoms with Gasteiger partial charge in [0.05, 0.1) is 18.2 Å². The summed E-state index contributed by atoms with van der Waals surface area (Å²) >= 11 is 0. The van der Waals surface area contributed by atoms with E-state index in [1.54, 1.807) is 0 Å². The van der Waals surface area contributed by atoms with E-state index in [1.165, 1.54) is 11.1 Å². The molecule has 0 spiro atoms. The number of morpholine rings is 1. The van der Waals surface area contributed by atoms with Gasteiger partial charge in [0, 0.05) is 26.2 Å². The van der Waals surface area contributed by atoms with E-state index in [9.17, 15) is 4.79 Å². The van der Waals surface area contributed by atoms with Gasteiger partial charge in [-0.15, -0.1) is 24.8 Å². The molecule has 0 radical (unpaired) electrons. The number of carbonyl (C=O) groups is 1. The summed E-state index contributed by atoms with van der Waals surface area (Å²) in [5, 5.41) is 6.34. The van der Waals surface area contributed by atoms with Gasteiger partial charge in [-0.25, -0.2) is 0 Å². The predicted molar refractivity (Wildman–Crippen MR) is 109 cm³/mol. The lowest BCUT2D eigenvalue weighted by molar-refractivity contribution is -0.122. The van der Waals surface area contributed by atoms with Crippen molar-refractivity contribution in [3.8, 4) is 0 Å². The molecule has 3 unspecified atom stereocenters. The largest absolute Gasteiger partial charge is 0.373 e. The van der Waals surface area contributed by atoms with E-state index in [2.05, 4.69) is 47.6 Å². The zero-order chi connectivity index (χ0) is 16.9. The van der Waals surface area contributed by atoms with Crippen LogP contribution in [0, 0.1) is 0 Å².